The molecule has 0 heterocycles. The number of carboxylic acid groups (broad SMARTS) is 1. The summed E-state index contributed by atoms with van der Waals surface area (Å²) in [6, 6.07) is -1.04. The van der Waals surface area contributed by atoms with Crippen molar-refractivity contribution in [1.29, 1.82) is 0 Å². The first-order chi connectivity index (χ1) is 7.75. The number of nitrogens with one attached hydrogen (secondary N) is 2. The normalized spacial score (nSPS) is 24.9. The van der Waals surface area contributed by atoms with Gasteiger partial charge in [-0.05, 0) is 17.8 Å². The predicted octanol–water partition coefficient (Wildman–Crippen LogP) is 1.58. The van der Waals surface area contributed by atoms with Crippen molar-refractivity contribution >= 4 is 12.0 Å². The van der Waals surface area contributed by atoms with Gasteiger partial charge in [-0.3, -0.25) is 0 Å². The van der Waals surface area contributed by atoms with Crippen LogP contribution in [0.5, 0.6) is 0 Å². The average molecular weight is 242 g/mol. The zero-order valence-corrected chi connectivity index (χ0v) is 10.9. The maximum Gasteiger partial charge on any atom is 0.326 e. The summed E-state index contributed by atoms with van der Waals surface area (Å²) in [4.78, 5) is 22.7. The lowest BCUT2D eigenvalue weighted by Crippen LogP contribution is -2.52. The van der Waals surface area contributed by atoms with E-state index in [0.29, 0.717) is 5.92 Å². The molecule has 0 aromatic carbocycles. The number of hydrogen-bond acceptors (Lipinski definition) is 2. The third-order valence-corrected chi connectivity index (χ3v) is 3.15. The van der Waals surface area contributed by atoms with Crippen LogP contribution >= 0.6 is 0 Å². The maximum atomic E-state index is 11.6. The Labute approximate surface area is 102 Å². The molecule has 3 atom stereocenters. The van der Waals surface area contributed by atoms with Crippen molar-refractivity contribution in [3.8, 4) is 0 Å². The fraction of sp³-hybridized carbons (Fsp3) is 0.833. The van der Waals surface area contributed by atoms with Crippen LogP contribution in [0.3, 0.4) is 0 Å². The molecule has 5 nitrogen and oxygen atoms in total. The van der Waals surface area contributed by atoms with Gasteiger partial charge in [-0.15, -0.1) is 0 Å². The molecule has 1 rings (SSSR count). The number of carbonyl (C=O) groups is 2. The number of carboxylic acids is 1. The summed E-state index contributed by atoms with van der Waals surface area (Å²) in [5.74, 6) is -0.450. The van der Waals surface area contributed by atoms with Gasteiger partial charge in [-0.1, -0.05) is 34.1 Å². The van der Waals surface area contributed by atoms with E-state index in [1.807, 2.05) is 0 Å². The van der Waals surface area contributed by atoms with Crippen LogP contribution in [0.4, 0.5) is 4.79 Å². The fourth-order valence-electron chi connectivity index (χ4n) is 1.87. The number of carbonyl (C=O) groups excluding carboxylic acids is 1. The van der Waals surface area contributed by atoms with Gasteiger partial charge in [-0.25, -0.2) is 9.59 Å². The number of hydrogen-bond donors (Lipinski definition) is 3. The monoisotopic (exact) mass is 242 g/mol. The van der Waals surface area contributed by atoms with Gasteiger partial charge in [0.15, 0.2) is 0 Å². The van der Waals surface area contributed by atoms with Crippen molar-refractivity contribution in [3.05, 3.63) is 0 Å². The average Bonchev–Trinajstić information content (AvgIpc) is 2.90. The molecule has 98 valence electrons. The van der Waals surface area contributed by atoms with Gasteiger partial charge < -0.3 is 15.7 Å². The van der Waals surface area contributed by atoms with Crippen LogP contribution in [-0.4, -0.2) is 29.2 Å². The third kappa shape index (κ3) is 3.91. The van der Waals surface area contributed by atoms with Gasteiger partial charge in [0.05, 0.1) is 0 Å². The molecule has 0 aromatic rings. The molecule has 0 aliphatic heterocycles. The van der Waals surface area contributed by atoms with Gasteiger partial charge in [0.2, 0.25) is 0 Å². The number of aliphatic carboxylic acids is 1. The predicted molar refractivity (Wildman–Crippen MR) is 64.7 cm³/mol. The zero-order chi connectivity index (χ0) is 13.2. The minimum atomic E-state index is -1.00. The van der Waals surface area contributed by atoms with Crippen LogP contribution in [0.1, 0.15) is 40.5 Å². The van der Waals surface area contributed by atoms with Crippen LogP contribution in [0.2, 0.25) is 0 Å². The van der Waals surface area contributed by atoms with E-state index in [4.69, 9.17) is 5.11 Å². The molecular formula is C12H22N2O3. The first kappa shape index (κ1) is 13.8. The highest BCUT2D eigenvalue weighted by atomic mass is 16.4. The second kappa shape index (κ2) is 4.94. The lowest BCUT2D eigenvalue weighted by atomic mass is 9.87. The Morgan fingerprint density at radius 2 is 2.00 bits per heavy atom. The van der Waals surface area contributed by atoms with Crippen LogP contribution in [0.15, 0.2) is 0 Å². The summed E-state index contributed by atoms with van der Waals surface area (Å²) in [5, 5.41) is 14.4. The molecular weight excluding hydrogens is 220 g/mol. The summed E-state index contributed by atoms with van der Waals surface area (Å²) >= 11 is 0. The second-order valence-corrected chi connectivity index (χ2v) is 5.77. The Morgan fingerprint density at radius 3 is 2.35 bits per heavy atom. The van der Waals surface area contributed by atoms with Crippen LogP contribution < -0.4 is 10.6 Å². The van der Waals surface area contributed by atoms with Gasteiger partial charge in [0, 0.05) is 6.04 Å². The third-order valence-electron chi connectivity index (χ3n) is 3.15. The second-order valence-electron chi connectivity index (χ2n) is 5.77. The highest BCUT2D eigenvalue weighted by molar-refractivity contribution is 5.83. The molecule has 1 aliphatic carbocycles. The van der Waals surface area contributed by atoms with Crippen LogP contribution in [0, 0.1) is 11.3 Å². The van der Waals surface area contributed by atoms with Gasteiger partial charge >= 0.3 is 12.0 Å². The highest BCUT2D eigenvalue weighted by Crippen LogP contribution is 2.33. The zero-order valence-electron chi connectivity index (χ0n) is 10.9. The molecule has 5 heteroatoms. The molecule has 2 unspecified atom stereocenters. The topological polar surface area (TPSA) is 78.4 Å². The van der Waals surface area contributed by atoms with Crippen molar-refractivity contribution < 1.29 is 14.7 Å². The fourth-order valence-corrected chi connectivity index (χ4v) is 1.87. The smallest absolute Gasteiger partial charge is 0.326 e. The lowest BCUT2D eigenvalue weighted by molar-refractivity contribution is -0.141. The van der Waals surface area contributed by atoms with E-state index >= 15 is 0 Å². The number of urea groups is 1. The molecule has 0 radical (unpaired) electrons. The summed E-state index contributed by atoms with van der Waals surface area (Å²) in [5.41, 5.74) is -0.503. The van der Waals surface area contributed by atoms with Crippen LogP contribution in [-0.2, 0) is 4.79 Å². The SMILES string of the molecule is CCC1CC1NC(=O)N[C@@H](C(=O)O)C(C)(C)C. The highest BCUT2D eigenvalue weighted by Gasteiger charge is 2.38. The van der Waals surface area contributed by atoms with Gasteiger partial charge in [-0.2, -0.15) is 0 Å². The molecule has 17 heavy (non-hydrogen) atoms. The van der Waals surface area contributed by atoms with Crippen molar-refractivity contribution in [2.24, 2.45) is 11.3 Å². The molecule has 2 amide bonds. The van der Waals surface area contributed by atoms with E-state index in [1.54, 1.807) is 20.8 Å². The molecule has 1 saturated carbocycles. The Morgan fingerprint density at radius 1 is 1.41 bits per heavy atom. The molecule has 0 spiro atoms. The van der Waals surface area contributed by atoms with Crippen molar-refractivity contribution in [1.82, 2.24) is 10.6 Å². The summed E-state index contributed by atoms with van der Waals surface area (Å²) < 4.78 is 0. The lowest BCUT2D eigenvalue weighted by Gasteiger charge is -2.27. The van der Waals surface area contributed by atoms with Gasteiger partial charge in [0.25, 0.3) is 0 Å². The van der Waals surface area contributed by atoms with Crippen LogP contribution in [0.25, 0.3) is 0 Å². The minimum absolute atomic E-state index is 0.217. The molecule has 3 N–H and O–H groups in total. The first-order valence-corrected chi connectivity index (χ1v) is 6.05. The van der Waals surface area contributed by atoms with Crippen molar-refractivity contribution in [2.45, 2.75) is 52.6 Å². The Hall–Kier alpha value is -1.26. The van der Waals surface area contributed by atoms with E-state index in [9.17, 15) is 9.59 Å². The summed E-state index contributed by atoms with van der Waals surface area (Å²) in [7, 11) is 0. The van der Waals surface area contributed by atoms with E-state index < -0.39 is 17.4 Å². The Kier molecular flexibility index (Phi) is 4.01. The quantitative estimate of drug-likeness (QED) is 0.700. The first-order valence-electron chi connectivity index (χ1n) is 6.05. The molecule has 1 fully saturated rings. The van der Waals surface area contributed by atoms with Crippen molar-refractivity contribution in [3.63, 3.8) is 0 Å². The summed E-state index contributed by atoms with van der Waals surface area (Å²) in [6.07, 6.45) is 2.05. The molecule has 0 saturated heterocycles. The van der Waals surface area contributed by atoms with E-state index in [0.717, 1.165) is 12.8 Å². The van der Waals surface area contributed by atoms with Crippen molar-refractivity contribution in [2.75, 3.05) is 0 Å². The Balaban J connectivity index is 2.45. The maximum absolute atomic E-state index is 11.6. The molecule has 0 aromatic heterocycles. The van der Waals surface area contributed by atoms with E-state index in [-0.39, 0.29) is 12.1 Å². The Bertz CT molecular complexity index is 309. The van der Waals surface area contributed by atoms with Gasteiger partial charge in [0.1, 0.15) is 6.04 Å². The number of rotatable bonds is 4. The minimum Gasteiger partial charge on any atom is -0.480 e. The largest absolute Gasteiger partial charge is 0.480 e. The summed E-state index contributed by atoms with van der Waals surface area (Å²) in [6.45, 7) is 7.45. The standard InChI is InChI=1S/C12H22N2O3/c1-5-7-6-8(7)13-11(17)14-9(10(15)16)12(2,3)4/h7-9H,5-6H2,1-4H3,(H,15,16)(H2,13,14,17)/t7?,8?,9-/m0/s1. The van der Waals surface area contributed by atoms with E-state index in [1.165, 1.54) is 0 Å². The molecule has 1 aliphatic rings. The molecule has 0 bridgehead atoms. The van der Waals surface area contributed by atoms with E-state index in [2.05, 4.69) is 17.6 Å². The number of amides is 2.